The standard InChI is InChI=1S/C13H26N2O/c1-5-15-8-6-7-11(9-15)13(4)14-12(2,3)10-16-13/h11,14H,5-10H2,1-4H3. The lowest BCUT2D eigenvalue weighted by atomic mass is 9.88. The number of likely N-dealkylation sites (tertiary alicyclic amines) is 1. The molecule has 0 amide bonds. The number of piperidine rings is 1. The van der Waals surface area contributed by atoms with Gasteiger partial charge in [0.25, 0.3) is 0 Å². The van der Waals surface area contributed by atoms with E-state index in [9.17, 15) is 0 Å². The summed E-state index contributed by atoms with van der Waals surface area (Å²) in [6, 6.07) is 0. The molecular weight excluding hydrogens is 200 g/mol. The predicted molar refractivity (Wildman–Crippen MR) is 66.4 cm³/mol. The van der Waals surface area contributed by atoms with Gasteiger partial charge in [-0.1, -0.05) is 6.92 Å². The first-order chi connectivity index (χ1) is 7.45. The summed E-state index contributed by atoms with van der Waals surface area (Å²) in [4.78, 5) is 2.54. The van der Waals surface area contributed by atoms with Crippen molar-refractivity contribution in [2.45, 2.75) is 51.8 Å². The Morgan fingerprint density at radius 1 is 1.38 bits per heavy atom. The Labute approximate surface area is 99.5 Å². The van der Waals surface area contributed by atoms with Crippen LogP contribution in [-0.2, 0) is 4.74 Å². The fourth-order valence-electron chi connectivity index (χ4n) is 3.09. The van der Waals surface area contributed by atoms with Gasteiger partial charge in [0.05, 0.1) is 6.61 Å². The van der Waals surface area contributed by atoms with Crippen LogP contribution in [0.2, 0.25) is 0 Å². The van der Waals surface area contributed by atoms with Crippen LogP contribution in [0.1, 0.15) is 40.5 Å². The molecule has 3 heteroatoms. The van der Waals surface area contributed by atoms with Gasteiger partial charge in [-0.15, -0.1) is 0 Å². The minimum absolute atomic E-state index is 0.114. The molecule has 0 saturated carbocycles. The molecule has 0 aliphatic carbocycles. The fraction of sp³-hybridized carbons (Fsp3) is 1.00. The molecule has 2 rings (SSSR count). The lowest BCUT2D eigenvalue weighted by Crippen LogP contribution is -2.55. The minimum atomic E-state index is -0.114. The van der Waals surface area contributed by atoms with Crippen LogP contribution in [-0.4, -0.2) is 42.4 Å². The summed E-state index contributed by atoms with van der Waals surface area (Å²) in [6.07, 6.45) is 2.59. The van der Waals surface area contributed by atoms with E-state index in [2.05, 4.69) is 37.9 Å². The molecule has 0 aromatic heterocycles. The number of ether oxygens (including phenoxy) is 1. The van der Waals surface area contributed by atoms with Crippen molar-refractivity contribution in [2.75, 3.05) is 26.2 Å². The highest BCUT2D eigenvalue weighted by Gasteiger charge is 2.46. The molecule has 2 aliphatic heterocycles. The van der Waals surface area contributed by atoms with Crippen LogP contribution in [0.5, 0.6) is 0 Å². The number of nitrogens with zero attached hydrogens (tertiary/aromatic N) is 1. The lowest BCUT2D eigenvalue weighted by molar-refractivity contribution is -0.0653. The quantitative estimate of drug-likeness (QED) is 0.777. The van der Waals surface area contributed by atoms with Crippen LogP contribution in [0.3, 0.4) is 0 Å². The van der Waals surface area contributed by atoms with Crippen LogP contribution in [0.4, 0.5) is 0 Å². The van der Waals surface area contributed by atoms with Crippen molar-refractivity contribution in [3.05, 3.63) is 0 Å². The Balaban J connectivity index is 2.01. The van der Waals surface area contributed by atoms with Crippen molar-refractivity contribution in [1.82, 2.24) is 10.2 Å². The van der Waals surface area contributed by atoms with Gasteiger partial charge < -0.3 is 9.64 Å². The first kappa shape index (κ1) is 12.3. The van der Waals surface area contributed by atoms with Gasteiger partial charge >= 0.3 is 0 Å². The molecule has 2 fully saturated rings. The van der Waals surface area contributed by atoms with Crippen molar-refractivity contribution in [1.29, 1.82) is 0 Å². The third kappa shape index (κ3) is 2.41. The molecule has 94 valence electrons. The molecule has 0 aromatic carbocycles. The molecule has 0 bridgehead atoms. The average molecular weight is 226 g/mol. The third-order valence-electron chi connectivity index (χ3n) is 4.05. The summed E-state index contributed by atoms with van der Waals surface area (Å²) in [5, 5.41) is 3.67. The van der Waals surface area contributed by atoms with Crippen LogP contribution >= 0.6 is 0 Å². The van der Waals surface area contributed by atoms with E-state index in [0.29, 0.717) is 5.92 Å². The number of nitrogens with one attached hydrogen (secondary N) is 1. The topological polar surface area (TPSA) is 24.5 Å². The second-order valence-electron chi connectivity index (χ2n) is 6.14. The molecular formula is C13H26N2O. The van der Waals surface area contributed by atoms with Gasteiger partial charge in [-0.05, 0) is 46.7 Å². The van der Waals surface area contributed by atoms with E-state index in [1.165, 1.54) is 25.9 Å². The van der Waals surface area contributed by atoms with Crippen molar-refractivity contribution in [3.8, 4) is 0 Å². The minimum Gasteiger partial charge on any atom is -0.359 e. The Morgan fingerprint density at radius 2 is 2.12 bits per heavy atom. The Hall–Kier alpha value is -0.120. The summed E-state index contributed by atoms with van der Waals surface area (Å²) >= 11 is 0. The molecule has 2 heterocycles. The fourth-order valence-corrected chi connectivity index (χ4v) is 3.09. The summed E-state index contributed by atoms with van der Waals surface area (Å²) in [7, 11) is 0. The summed E-state index contributed by atoms with van der Waals surface area (Å²) in [6.45, 7) is 13.3. The van der Waals surface area contributed by atoms with Gasteiger partial charge in [-0.25, -0.2) is 0 Å². The average Bonchev–Trinajstić information content (AvgIpc) is 2.55. The normalized spacial score (nSPS) is 40.1. The SMILES string of the molecule is CCN1CCCC(C2(C)NC(C)(C)CO2)C1. The molecule has 3 nitrogen and oxygen atoms in total. The molecule has 2 saturated heterocycles. The molecule has 2 unspecified atom stereocenters. The van der Waals surface area contributed by atoms with Gasteiger partial charge in [0.1, 0.15) is 5.72 Å². The van der Waals surface area contributed by atoms with Gasteiger partial charge in [0.2, 0.25) is 0 Å². The highest BCUT2D eigenvalue weighted by molar-refractivity contribution is 4.97. The first-order valence-corrected chi connectivity index (χ1v) is 6.61. The van der Waals surface area contributed by atoms with Crippen molar-refractivity contribution in [2.24, 2.45) is 5.92 Å². The van der Waals surface area contributed by atoms with E-state index in [4.69, 9.17) is 4.74 Å². The van der Waals surface area contributed by atoms with Crippen molar-refractivity contribution < 1.29 is 4.74 Å². The zero-order valence-corrected chi connectivity index (χ0v) is 11.2. The Morgan fingerprint density at radius 3 is 2.69 bits per heavy atom. The van der Waals surface area contributed by atoms with Gasteiger partial charge in [0.15, 0.2) is 0 Å². The molecule has 1 N–H and O–H groups in total. The molecule has 0 spiro atoms. The van der Waals surface area contributed by atoms with Gasteiger partial charge in [-0.3, -0.25) is 5.32 Å². The maximum Gasteiger partial charge on any atom is 0.121 e. The van der Waals surface area contributed by atoms with Gasteiger partial charge in [0, 0.05) is 18.0 Å². The highest BCUT2D eigenvalue weighted by atomic mass is 16.5. The monoisotopic (exact) mass is 226 g/mol. The smallest absolute Gasteiger partial charge is 0.121 e. The van der Waals surface area contributed by atoms with Crippen LogP contribution in [0.25, 0.3) is 0 Å². The maximum atomic E-state index is 6.05. The summed E-state index contributed by atoms with van der Waals surface area (Å²) in [5.74, 6) is 0.628. The van der Waals surface area contributed by atoms with Crippen LogP contribution in [0, 0.1) is 5.92 Å². The number of rotatable bonds is 2. The molecule has 2 atom stereocenters. The second-order valence-corrected chi connectivity index (χ2v) is 6.14. The number of hydrogen-bond acceptors (Lipinski definition) is 3. The summed E-state index contributed by atoms with van der Waals surface area (Å²) in [5.41, 5.74) is 0.0145. The maximum absolute atomic E-state index is 6.05. The third-order valence-corrected chi connectivity index (χ3v) is 4.05. The van der Waals surface area contributed by atoms with Crippen LogP contribution < -0.4 is 5.32 Å². The Bertz CT molecular complexity index is 254. The first-order valence-electron chi connectivity index (χ1n) is 6.61. The molecule has 0 aromatic rings. The number of hydrogen-bond donors (Lipinski definition) is 1. The van der Waals surface area contributed by atoms with E-state index in [-0.39, 0.29) is 11.3 Å². The zero-order valence-electron chi connectivity index (χ0n) is 11.2. The molecule has 16 heavy (non-hydrogen) atoms. The Kier molecular flexibility index (Phi) is 3.30. The van der Waals surface area contributed by atoms with E-state index >= 15 is 0 Å². The highest BCUT2D eigenvalue weighted by Crippen LogP contribution is 2.34. The van der Waals surface area contributed by atoms with E-state index in [1.807, 2.05) is 0 Å². The second kappa shape index (κ2) is 4.28. The lowest BCUT2D eigenvalue weighted by Gasteiger charge is -2.41. The van der Waals surface area contributed by atoms with Crippen molar-refractivity contribution in [3.63, 3.8) is 0 Å². The predicted octanol–water partition coefficient (Wildman–Crippen LogP) is 1.83. The largest absolute Gasteiger partial charge is 0.359 e. The van der Waals surface area contributed by atoms with Crippen molar-refractivity contribution >= 4 is 0 Å². The van der Waals surface area contributed by atoms with E-state index in [0.717, 1.165) is 13.2 Å². The zero-order chi connectivity index (χ0) is 11.8. The van der Waals surface area contributed by atoms with Crippen LogP contribution in [0.15, 0.2) is 0 Å². The molecule has 0 radical (unpaired) electrons. The van der Waals surface area contributed by atoms with E-state index < -0.39 is 0 Å². The van der Waals surface area contributed by atoms with E-state index in [1.54, 1.807) is 0 Å². The summed E-state index contributed by atoms with van der Waals surface area (Å²) < 4.78 is 6.05. The molecule has 2 aliphatic rings. The van der Waals surface area contributed by atoms with Gasteiger partial charge in [-0.2, -0.15) is 0 Å².